The molecule has 1 unspecified atom stereocenters. The standard InChI is InChI=1S/C22H19FN4O2S/c23-16-8-2-1-7-15(16)20-25-19(29-26-20)12-14-6-5-11-27(13-14)22(28)21-24-17-9-3-4-10-18(17)30-21/h1-4,7-10,14H,5-6,11-13H2. The quantitative estimate of drug-likeness (QED) is 0.481. The van der Waals surface area contributed by atoms with Crippen LogP contribution in [0, 0.1) is 11.7 Å². The minimum absolute atomic E-state index is 0.0292. The molecule has 0 bridgehead atoms. The lowest BCUT2D eigenvalue weighted by Gasteiger charge is -2.31. The Kier molecular flexibility index (Phi) is 5.00. The Morgan fingerprint density at radius 1 is 1.17 bits per heavy atom. The molecule has 2 aromatic carbocycles. The monoisotopic (exact) mass is 422 g/mol. The van der Waals surface area contributed by atoms with Crippen LogP contribution in [0.15, 0.2) is 53.1 Å². The number of aromatic nitrogens is 3. The van der Waals surface area contributed by atoms with Crippen molar-refractivity contribution < 1.29 is 13.7 Å². The maximum atomic E-state index is 14.0. The van der Waals surface area contributed by atoms with Crippen molar-refractivity contribution in [3.8, 4) is 11.4 Å². The van der Waals surface area contributed by atoms with Gasteiger partial charge < -0.3 is 9.42 Å². The molecule has 3 heterocycles. The lowest BCUT2D eigenvalue weighted by Crippen LogP contribution is -2.40. The second kappa shape index (κ2) is 7.95. The SMILES string of the molecule is O=C(c1nc2ccccc2s1)N1CCCC(Cc2nc(-c3ccccc3F)no2)C1. The Bertz CT molecular complexity index is 1170. The molecule has 0 spiro atoms. The lowest BCUT2D eigenvalue weighted by atomic mass is 9.94. The smallest absolute Gasteiger partial charge is 0.282 e. The zero-order chi connectivity index (χ0) is 20.5. The molecule has 4 aromatic rings. The summed E-state index contributed by atoms with van der Waals surface area (Å²) in [4.78, 5) is 23.7. The molecule has 8 heteroatoms. The van der Waals surface area contributed by atoms with E-state index in [0.29, 0.717) is 29.4 Å². The lowest BCUT2D eigenvalue weighted by molar-refractivity contribution is 0.0668. The highest BCUT2D eigenvalue weighted by molar-refractivity contribution is 7.20. The molecule has 0 N–H and O–H groups in total. The van der Waals surface area contributed by atoms with Gasteiger partial charge in [-0.05, 0) is 43.0 Å². The van der Waals surface area contributed by atoms with Crippen LogP contribution in [0.5, 0.6) is 0 Å². The number of fused-ring (bicyclic) bond motifs is 1. The number of halogens is 1. The third kappa shape index (κ3) is 3.70. The predicted molar refractivity (Wildman–Crippen MR) is 112 cm³/mol. The number of carbonyl (C=O) groups excluding carboxylic acids is 1. The third-order valence-corrected chi connectivity index (χ3v) is 6.35. The Hall–Kier alpha value is -3.13. The molecule has 1 fully saturated rings. The molecule has 1 aliphatic rings. The summed E-state index contributed by atoms with van der Waals surface area (Å²) in [6.45, 7) is 1.34. The van der Waals surface area contributed by atoms with E-state index < -0.39 is 0 Å². The van der Waals surface area contributed by atoms with Gasteiger partial charge in [0.1, 0.15) is 5.82 Å². The topological polar surface area (TPSA) is 72.1 Å². The average Bonchev–Trinajstić information content (AvgIpc) is 3.41. The van der Waals surface area contributed by atoms with Crippen LogP contribution in [0.25, 0.3) is 21.6 Å². The van der Waals surface area contributed by atoms with Gasteiger partial charge in [0.2, 0.25) is 11.7 Å². The summed E-state index contributed by atoms with van der Waals surface area (Å²) in [5.74, 6) is 0.522. The number of piperidine rings is 1. The van der Waals surface area contributed by atoms with Crippen LogP contribution in [0.1, 0.15) is 28.5 Å². The summed E-state index contributed by atoms with van der Waals surface area (Å²) in [6, 6.07) is 14.1. The number of amides is 1. The molecule has 1 atom stereocenters. The van der Waals surface area contributed by atoms with Crippen molar-refractivity contribution in [3.05, 3.63) is 65.2 Å². The maximum absolute atomic E-state index is 14.0. The molecule has 0 aliphatic carbocycles. The Morgan fingerprint density at radius 2 is 2.00 bits per heavy atom. The van der Waals surface area contributed by atoms with Crippen LogP contribution in [0.4, 0.5) is 4.39 Å². The molecular weight excluding hydrogens is 403 g/mol. The molecule has 1 aliphatic heterocycles. The summed E-state index contributed by atoms with van der Waals surface area (Å²) in [7, 11) is 0. The summed E-state index contributed by atoms with van der Waals surface area (Å²) < 4.78 is 20.3. The highest BCUT2D eigenvalue weighted by Gasteiger charge is 2.28. The van der Waals surface area contributed by atoms with Crippen LogP contribution < -0.4 is 0 Å². The van der Waals surface area contributed by atoms with Crippen molar-refractivity contribution in [2.45, 2.75) is 19.3 Å². The molecule has 30 heavy (non-hydrogen) atoms. The first-order chi connectivity index (χ1) is 14.7. The van der Waals surface area contributed by atoms with Crippen LogP contribution in [-0.4, -0.2) is 39.0 Å². The van der Waals surface area contributed by atoms with E-state index >= 15 is 0 Å². The van der Waals surface area contributed by atoms with E-state index in [0.717, 1.165) is 29.6 Å². The van der Waals surface area contributed by atoms with Crippen LogP contribution in [0.2, 0.25) is 0 Å². The Labute approximate surface area is 176 Å². The predicted octanol–water partition coefficient (Wildman–Crippen LogP) is 4.58. The number of likely N-dealkylation sites (tertiary alicyclic amines) is 1. The first-order valence-corrected chi connectivity index (χ1v) is 10.7. The van der Waals surface area contributed by atoms with Gasteiger partial charge >= 0.3 is 0 Å². The summed E-state index contributed by atoms with van der Waals surface area (Å²) in [5, 5.41) is 4.45. The molecule has 0 saturated carbocycles. The number of benzene rings is 2. The maximum Gasteiger partial charge on any atom is 0.282 e. The number of thiazole rings is 1. The van der Waals surface area contributed by atoms with Gasteiger partial charge in [0, 0.05) is 19.5 Å². The van der Waals surface area contributed by atoms with Crippen molar-refractivity contribution in [3.63, 3.8) is 0 Å². The van der Waals surface area contributed by atoms with E-state index in [1.807, 2.05) is 29.2 Å². The number of hydrogen-bond acceptors (Lipinski definition) is 6. The van der Waals surface area contributed by atoms with E-state index in [9.17, 15) is 9.18 Å². The fourth-order valence-corrected chi connectivity index (χ4v) is 4.79. The van der Waals surface area contributed by atoms with E-state index in [4.69, 9.17) is 4.52 Å². The van der Waals surface area contributed by atoms with Gasteiger partial charge in [0.25, 0.3) is 5.91 Å². The van der Waals surface area contributed by atoms with Crippen molar-refractivity contribution in [2.24, 2.45) is 5.92 Å². The first kappa shape index (κ1) is 18.9. The van der Waals surface area contributed by atoms with Crippen molar-refractivity contribution in [1.29, 1.82) is 0 Å². The minimum Gasteiger partial charge on any atom is -0.339 e. The molecule has 0 radical (unpaired) electrons. The van der Waals surface area contributed by atoms with Gasteiger partial charge in [-0.3, -0.25) is 4.79 Å². The number of hydrogen-bond donors (Lipinski definition) is 0. The third-order valence-electron chi connectivity index (χ3n) is 5.33. The van der Waals surface area contributed by atoms with E-state index in [1.54, 1.807) is 18.2 Å². The largest absolute Gasteiger partial charge is 0.339 e. The fourth-order valence-electron chi connectivity index (χ4n) is 3.85. The van der Waals surface area contributed by atoms with Crippen molar-refractivity contribution >= 4 is 27.5 Å². The summed E-state index contributed by atoms with van der Waals surface area (Å²) in [6.07, 6.45) is 2.45. The van der Waals surface area contributed by atoms with Gasteiger partial charge in [-0.1, -0.05) is 29.4 Å². The van der Waals surface area contributed by atoms with Crippen LogP contribution in [-0.2, 0) is 6.42 Å². The second-order valence-electron chi connectivity index (χ2n) is 7.44. The van der Waals surface area contributed by atoms with E-state index in [2.05, 4.69) is 15.1 Å². The normalized spacial score (nSPS) is 16.8. The van der Waals surface area contributed by atoms with Gasteiger partial charge in [0.05, 0.1) is 15.8 Å². The summed E-state index contributed by atoms with van der Waals surface area (Å²) in [5.41, 5.74) is 1.18. The molecule has 1 amide bonds. The molecule has 2 aromatic heterocycles. The molecule has 6 nitrogen and oxygen atoms in total. The van der Waals surface area contributed by atoms with Gasteiger partial charge in [-0.2, -0.15) is 4.98 Å². The van der Waals surface area contributed by atoms with E-state index in [1.165, 1.54) is 17.4 Å². The highest BCUT2D eigenvalue weighted by atomic mass is 32.1. The van der Waals surface area contributed by atoms with Gasteiger partial charge in [-0.25, -0.2) is 9.37 Å². The molecule has 1 saturated heterocycles. The Morgan fingerprint density at radius 3 is 2.87 bits per heavy atom. The van der Waals surface area contributed by atoms with Gasteiger partial charge in [0.15, 0.2) is 5.01 Å². The Balaban J connectivity index is 1.28. The van der Waals surface area contributed by atoms with Crippen molar-refractivity contribution in [1.82, 2.24) is 20.0 Å². The second-order valence-corrected chi connectivity index (χ2v) is 8.47. The number of carbonyl (C=O) groups is 1. The number of para-hydroxylation sites is 1. The number of nitrogens with zero attached hydrogens (tertiary/aromatic N) is 4. The molecule has 152 valence electrons. The fraction of sp³-hybridized carbons (Fsp3) is 0.273. The number of rotatable bonds is 4. The zero-order valence-electron chi connectivity index (χ0n) is 16.1. The average molecular weight is 422 g/mol. The van der Waals surface area contributed by atoms with E-state index in [-0.39, 0.29) is 23.5 Å². The molecular formula is C22H19FN4O2S. The minimum atomic E-state index is -0.380. The van der Waals surface area contributed by atoms with Gasteiger partial charge in [-0.15, -0.1) is 11.3 Å². The first-order valence-electron chi connectivity index (χ1n) is 9.90. The van der Waals surface area contributed by atoms with Crippen LogP contribution >= 0.6 is 11.3 Å². The van der Waals surface area contributed by atoms with Crippen molar-refractivity contribution in [2.75, 3.05) is 13.1 Å². The molecule has 5 rings (SSSR count). The zero-order valence-corrected chi connectivity index (χ0v) is 16.9. The van der Waals surface area contributed by atoms with Crippen LogP contribution in [0.3, 0.4) is 0 Å². The summed E-state index contributed by atoms with van der Waals surface area (Å²) >= 11 is 1.43. The highest BCUT2D eigenvalue weighted by Crippen LogP contribution is 2.27.